The van der Waals surface area contributed by atoms with E-state index in [-0.39, 0.29) is 13.4 Å². The minimum absolute atomic E-state index is 0.247. The van der Waals surface area contributed by atoms with Gasteiger partial charge < -0.3 is 29.4 Å². The van der Waals surface area contributed by atoms with Gasteiger partial charge in [0.25, 0.3) is 13.4 Å². The molecule has 0 radical (unpaired) electrons. The lowest BCUT2D eigenvalue weighted by molar-refractivity contribution is 1.22. The number of benzene rings is 17. The average molecular weight is 1520 g/mol. The molecule has 0 saturated carbocycles. The highest BCUT2D eigenvalue weighted by Gasteiger charge is 2.50. The van der Waals surface area contributed by atoms with Crippen LogP contribution in [-0.2, 0) is 0 Å². The number of anilines is 18. The maximum atomic E-state index is 2.72. The Morgan fingerprint density at radius 2 is 0.500 bits per heavy atom. The molecule has 25 rings (SSSR count). The third-order valence-electron chi connectivity index (χ3n) is 24.1. The Labute approximate surface area is 674 Å². The van der Waals surface area contributed by atoms with Crippen molar-refractivity contribution in [3.05, 3.63) is 376 Å². The molecular formula is C102H62B2N6S4. The SMILES string of the molecule is c1ccc(N(c2ccccc2)c2cc3c4c(c2)N(c2cccc5c2sc2ccccc25)c2cc5c(cc2B4c2ccccc2N3c2cccc3c2sc2ccccc23)B2c3ccccc3N(c3ccccc3)c3cc(N(c4ccccc4)c4cccc6c4sc4ccccc46)cc(c32)N5c2cccc3c2sc2ccccc23)cc1. The number of para-hydroxylation sites is 6. The smallest absolute Gasteiger partial charge is 0.252 e. The van der Waals surface area contributed by atoms with Gasteiger partial charge in [-0.25, -0.2) is 0 Å². The second-order valence-electron chi connectivity index (χ2n) is 30.1. The van der Waals surface area contributed by atoms with Crippen molar-refractivity contribution in [1.29, 1.82) is 0 Å². The number of hydrogen-bond acceptors (Lipinski definition) is 10. The number of nitrogens with zero attached hydrogens (tertiary/aromatic N) is 6. The van der Waals surface area contributed by atoms with Gasteiger partial charge in [-0.05, 0) is 172 Å². The molecular weight excluding hydrogens is 1460 g/mol. The van der Waals surface area contributed by atoms with E-state index in [0.29, 0.717) is 0 Å². The molecule has 0 saturated heterocycles. The zero-order valence-electron chi connectivity index (χ0n) is 61.3. The largest absolute Gasteiger partial charge is 0.311 e. The van der Waals surface area contributed by atoms with Crippen LogP contribution in [0.1, 0.15) is 0 Å². The zero-order chi connectivity index (χ0) is 74.4. The Balaban J connectivity index is 0.841. The van der Waals surface area contributed by atoms with E-state index < -0.39 is 0 Å². The predicted octanol–water partition coefficient (Wildman–Crippen LogP) is 26.3. The molecule has 0 atom stereocenters. The highest BCUT2D eigenvalue weighted by molar-refractivity contribution is 7.28. The lowest BCUT2D eigenvalue weighted by Gasteiger charge is -2.48. The molecule has 0 fully saturated rings. The third-order valence-corrected chi connectivity index (χ3v) is 28.9. The lowest BCUT2D eigenvalue weighted by Crippen LogP contribution is -2.65. The fraction of sp³-hybridized carbons (Fsp3) is 0. The van der Waals surface area contributed by atoms with Crippen LogP contribution in [-0.4, -0.2) is 13.4 Å². The van der Waals surface area contributed by atoms with Crippen LogP contribution >= 0.6 is 45.3 Å². The molecule has 21 aromatic rings. The molecule has 6 nitrogen and oxygen atoms in total. The average Bonchev–Trinajstić information content (AvgIpc) is 0.740. The summed E-state index contributed by atoms with van der Waals surface area (Å²) in [5, 5.41) is 10.0. The van der Waals surface area contributed by atoms with Crippen LogP contribution in [0.25, 0.3) is 80.7 Å². The van der Waals surface area contributed by atoms with Crippen LogP contribution in [0.15, 0.2) is 376 Å². The first kappa shape index (κ1) is 64.2. The van der Waals surface area contributed by atoms with Crippen molar-refractivity contribution < 1.29 is 0 Å². The normalized spacial score (nSPS) is 13.2. The summed E-state index contributed by atoms with van der Waals surface area (Å²) in [6.07, 6.45) is 0. The van der Waals surface area contributed by atoms with E-state index in [1.165, 1.54) is 113 Å². The molecule has 0 bridgehead atoms. The Morgan fingerprint density at radius 3 is 0.939 bits per heavy atom. The fourth-order valence-corrected chi connectivity index (χ4v) is 24.3. The second kappa shape index (κ2) is 25.0. The first-order chi connectivity index (χ1) is 56.6. The van der Waals surface area contributed by atoms with Gasteiger partial charge in [0.15, 0.2) is 0 Å². The predicted molar refractivity (Wildman–Crippen MR) is 495 cm³/mol. The molecule has 0 unspecified atom stereocenters. The molecule has 4 aromatic heterocycles. The molecule has 0 aliphatic carbocycles. The molecule has 0 amide bonds. The molecule has 17 aromatic carbocycles. The summed E-state index contributed by atoms with van der Waals surface area (Å²) in [7, 11) is 0. The summed E-state index contributed by atoms with van der Waals surface area (Å²) in [4.78, 5) is 15.7. The van der Waals surface area contributed by atoms with Crippen molar-refractivity contribution in [2.24, 2.45) is 0 Å². The Bertz CT molecular complexity index is 7430. The quantitative estimate of drug-likeness (QED) is 0.126. The van der Waals surface area contributed by atoms with Gasteiger partial charge in [-0.3, -0.25) is 0 Å². The zero-order valence-corrected chi connectivity index (χ0v) is 64.5. The van der Waals surface area contributed by atoms with Crippen LogP contribution in [0.4, 0.5) is 102 Å². The second-order valence-corrected chi connectivity index (χ2v) is 34.3. The Hall–Kier alpha value is -13.5. The number of rotatable bonds is 10. The van der Waals surface area contributed by atoms with E-state index in [0.717, 1.165) is 102 Å². The summed E-state index contributed by atoms with van der Waals surface area (Å²) in [6.45, 7) is -0.500. The highest BCUT2D eigenvalue weighted by atomic mass is 32.1. The number of hydrogen-bond donors (Lipinski definition) is 0. The van der Waals surface area contributed by atoms with Gasteiger partial charge in [0, 0.05) is 130 Å². The molecule has 4 aliphatic heterocycles. The van der Waals surface area contributed by atoms with Gasteiger partial charge in [-0.15, -0.1) is 45.3 Å². The first-order valence-corrected chi connectivity index (χ1v) is 42.2. The van der Waals surface area contributed by atoms with E-state index in [4.69, 9.17) is 0 Å². The summed E-state index contributed by atoms with van der Waals surface area (Å²) >= 11 is 7.56. The summed E-state index contributed by atoms with van der Waals surface area (Å²) < 4.78 is 10.0. The number of thiophene rings is 4. The van der Waals surface area contributed by atoms with Crippen LogP contribution in [0.5, 0.6) is 0 Å². The monoisotopic (exact) mass is 1520 g/mol. The van der Waals surface area contributed by atoms with Crippen molar-refractivity contribution >= 4 is 275 Å². The van der Waals surface area contributed by atoms with E-state index in [9.17, 15) is 0 Å². The first-order valence-electron chi connectivity index (χ1n) is 38.9. The van der Waals surface area contributed by atoms with Gasteiger partial charge in [-0.1, -0.05) is 237 Å². The summed E-state index contributed by atoms with van der Waals surface area (Å²) in [5.41, 5.74) is 27.5. The van der Waals surface area contributed by atoms with E-state index in [1.54, 1.807) is 0 Å². The van der Waals surface area contributed by atoms with E-state index in [1.807, 2.05) is 45.3 Å². The molecule has 8 heterocycles. The lowest BCUT2D eigenvalue weighted by atomic mass is 9.30. The van der Waals surface area contributed by atoms with E-state index >= 15 is 0 Å². The highest BCUT2D eigenvalue weighted by Crippen LogP contribution is 2.57. The van der Waals surface area contributed by atoms with Crippen LogP contribution in [0, 0.1) is 0 Å². The minimum Gasteiger partial charge on any atom is -0.311 e. The van der Waals surface area contributed by atoms with Gasteiger partial charge in [0.2, 0.25) is 0 Å². The summed E-state index contributed by atoms with van der Waals surface area (Å²) in [5.74, 6) is 0. The minimum atomic E-state index is -0.253. The molecule has 0 N–H and O–H groups in total. The van der Waals surface area contributed by atoms with Gasteiger partial charge in [-0.2, -0.15) is 0 Å². The van der Waals surface area contributed by atoms with Crippen molar-refractivity contribution in [2.75, 3.05) is 29.4 Å². The van der Waals surface area contributed by atoms with Gasteiger partial charge in [0.05, 0.1) is 52.9 Å². The molecule has 530 valence electrons. The van der Waals surface area contributed by atoms with Gasteiger partial charge in [0.1, 0.15) is 0 Å². The Morgan fingerprint density at radius 1 is 0.193 bits per heavy atom. The Kier molecular flexibility index (Phi) is 14.1. The maximum absolute atomic E-state index is 2.72. The van der Waals surface area contributed by atoms with Crippen molar-refractivity contribution in [2.45, 2.75) is 0 Å². The molecule has 114 heavy (non-hydrogen) atoms. The molecule has 0 spiro atoms. The fourth-order valence-electron chi connectivity index (χ4n) is 19.5. The van der Waals surface area contributed by atoms with Gasteiger partial charge >= 0.3 is 0 Å². The van der Waals surface area contributed by atoms with Crippen LogP contribution < -0.4 is 62.2 Å². The standard InChI is InChI=1S/C102H62B2N6S4/c1-5-29-63(30-6-1)105(64-31-7-2-8-32-64)67-57-90-98-91(58-67)109(85-51-27-43-75-71-39-15-23-55-95(71)113-101(75)85)88-62-87-79(61-80(88)104(98)78-46-18-20-48-82(78)108(90)84-50-26-42-74-70-38-14-22-54-94(70)112-100(74)84)103-77-45-17-19-47-81(77)107(66-35-11-4-12-36-66)89-59-68(60-92(97(89)103)110(87)86-52-28-44-76-72-40-16-24-56-96(72)114-102(76)86)106(65-33-9-3-10-34-65)83-49-25-41-73-69-37-13-21-53-93(69)111-99(73)83/h1-62H. The van der Waals surface area contributed by atoms with Crippen LogP contribution in [0.3, 0.4) is 0 Å². The number of fused-ring (bicyclic) bond motifs is 20. The van der Waals surface area contributed by atoms with Crippen molar-refractivity contribution in [1.82, 2.24) is 0 Å². The van der Waals surface area contributed by atoms with Crippen molar-refractivity contribution in [3.63, 3.8) is 0 Å². The maximum Gasteiger partial charge on any atom is 0.252 e. The third kappa shape index (κ3) is 9.36. The van der Waals surface area contributed by atoms with E-state index in [2.05, 4.69) is 406 Å². The molecule has 4 aliphatic rings. The topological polar surface area (TPSA) is 19.4 Å². The van der Waals surface area contributed by atoms with Crippen molar-refractivity contribution in [3.8, 4) is 0 Å². The van der Waals surface area contributed by atoms with Crippen LogP contribution in [0.2, 0.25) is 0 Å². The summed E-state index contributed by atoms with van der Waals surface area (Å²) in [6, 6.07) is 142. The molecule has 12 heteroatoms.